The summed E-state index contributed by atoms with van der Waals surface area (Å²) in [7, 11) is 0. The van der Waals surface area contributed by atoms with Crippen LogP contribution in [0, 0.1) is 16.7 Å². The Morgan fingerprint density at radius 3 is 1.84 bits per heavy atom. The van der Waals surface area contributed by atoms with E-state index < -0.39 is 11.0 Å². The molecule has 1 N–H and O–H groups in total. The first-order valence-electron chi connectivity index (χ1n) is 26.5. The van der Waals surface area contributed by atoms with Crippen molar-refractivity contribution in [2.24, 2.45) is 21.7 Å². The first-order chi connectivity index (χ1) is 35.8. The van der Waals surface area contributed by atoms with Gasteiger partial charge in [0.05, 0.1) is 28.6 Å². The highest BCUT2D eigenvalue weighted by molar-refractivity contribution is 6.08. The summed E-state index contributed by atoms with van der Waals surface area (Å²) in [6, 6.07) is 54.6. The van der Waals surface area contributed by atoms with Gasteiger partial charge in [-0.2, -0.15) is 5.10 Å². The smallest absolute Gasteiger partial charge is 0.410 e. The van der Waals surface area contributed by atoms with E-state index >= 15 is 0 Å². The normalized spacial score (nSPS) is 22.4. The summed E-state index contributed by atoms with van der Waals surface area (Å²) in [5.74, 6) is 1.47. The topological polar surface area (TPSA) is 112 Å². The zero-order valence-corrected chi connectivity index (χ0v) is 41.3. The largest absolute Gasteiger partial charge is 0.445 e. The number of ether oxygens (including phenoxy) is 1. The van der Waals surface area contributed by atoms with Crippen LogP contribution in [0.4, 0.5) is 16.2 Å². The number of rotatable bonds is 10. The van der Waals surface area contributed by atoms with Crippen molar-refractivity contribution in [3.63, 3.8) is 0 Å². The molecular weight excluding hydrogens is 907 g/mol. The average Bonchev–Trinajstić information content (AvgIpc) is 4.13. The van der Waals surface area contributed by atoms with Gasteiger partial charge in [0.15, 0.2) is 0 Å². The van der Waals surface area contributed by atoms with Crippen molar-refractivity contribution < 1.29 is 19.1 Å². The first kappa shape index (κ1) is 45.5. The molecule has 3 amide bonds. The van der Waals surface area contributed by atoms with Crippen LogP contribution in [-0.4, -0.2) is 77.6 Å². The highest BCUT2D eigenvalue weighted by Crippen LogP contribution is 2.50. The molecule has 2 aliphatic carbocycles. The fraction of sp³-hybridized carbons (Fsp3) is 0.339. The molecule has 0 bridgehead atoms. The summed E-state index contributed by atoms with van der Waals surface area (Å²) >= 11 is 0. The zero-order chi connectivity index (χ0) is 49.2. The van der Waals surface area contributed by atoms with Crippen molar-refractivity contribution in [1.82, 2.24) is 20.0 Å². The van der Waals surface area contributed by atoms with Crippen LogP contribution in [0.5, 0.6) is 0 Å². The van der Waals surface area contributed by atoms with E-state index in [9.17, 15) is 14.4 Å². The second-order valence-electron chi connectivity index (χ2n) is 21.5. The summed E-state index contributed by atoms with van der Waals surface area (Å²) in [4.78, 5) is 50.6. The Morgan fingerprint density at radius 2 is 1.22 bits per heavy atom. The number of nitrogens with one attached hydrogen (secondary N) is 1. The van der Waals surface area contributed by atoms with Crippen LogP contribution in [0.25, 0.3) is 10.9 Å². The monoisotopic (exact) mass is 967 g/mol. The van der Waals surface area contributed by atoms with E-state index in [2.05, 4.69) is 137 Å². The van der Waals surface area contributed by atoms with Gasteiger partial charge >= 0.3 is 6.09 Å². The van der Waals surface area contributed by atoms with Crippen molar-refractivity contribution in [2.45, 2.75) is 76.0 Å². The molecule has 7 aliphatic rings. The number of anilines is 2. The molecule has 11 nitrogen and oxygen atoms in total. The number of hydrogen-bond acceptors (Lipinski definition) is 7. The van der Waals surface area contributed by atoms with Gasteiger partial charge in [-0.05, 0) is 116 Å². The summed E-state index contributed by atoms with van der Waals surface area (Å²) in [6.45, 7) is 5.25. The standard InChI is InChI=1S/C44H40N4O3.C18H21N3O/c49-41-43(25-27-46(31-43)42(50)51-30-32-13-5-1-6-14-32)26-28-47(41)37-23-24-39-38(29-37)40(33-21-22-33)45-48(39)44(34-15-7-2-8-16-34,35-17-9-3-10-18-35)36-19-11-4-12-20-36;22-17-18(5-7-19-11-18)6-8-21(17)14-4-3-13-10-20-16(12-1-2-12)15(13)9-14/h1-20,23-24,29,33H,21-22,25-28,30-31H2;3-4,9,12,19H,1-2,5-8,10-11H2/t43-;18-/m00/s1. The van der Waals surface area contributed by atoms with E-state index in [4.69, 9.17) is 14.8 Å². The molecule has 11 heteroatoms. The van der Waals surface area contributed by atoms with Crippen molar-refractivity contribution in [3.8, 4) is 0 Å². The molecule has 2 spiro atoms. The number of carbonyl (C=O) groups is 3. The molecule has 73 heavy (non-hydrogen) atoms. The van der Waals surface area contributed by atoms with Gasteiger partial charge < -0.3 is 24.8 Å². The Kier molecular flexibility index (Phi) is 11.4. The van der Waals surface area contributed by atoms with Crippen molar-refractivity contribution in [2.75, 3.05) is 49.1 Å². The Morgan fingerprint density at radius 1 is 0.644 bits per heavy atom. The molecule has 7 aromatic rings. The van der Waals surface area contributed by atoms with Gasteiger partial charge in [0.1, 0.15) is 12.1 Å². The number of nitrogens with zero attached hydrogens (tertiary/aromatic N) is 6. The van der Waals surface area contributed by atoms with Crippen LogP contribution in [0.2, 0.25) is 0 Å². The predicted octanol–water partition coefficient (Wildman–Crippen LogP) is 10.6. The Bertz CT molecular complexity index is 3160. The van der Waals surface area contributed by atoms with Gasteiger partial charge in [0, 0.05) is 72.6 Å². The van der Waals surface area contributed by atoms with E-state index in [1.165, 1.54) is 29.7 Å². The molecule has 6 heterocycles. The highest BCUT2D eigenvalue weighted by atomic mass is 16.6. The van der Waals surface area contributed by atoms with E-state index in [0.29, 0.717) is 50.2 Å². The number of hydrogen-bond donors (Lipinski definition) is 1. The summed E-state index contributed by atoms with van der Waals surface area (Å²) < 4.78 is 7.87. The maximum Gasteiger partial charge on any atom is 0.410 e. The van der Waals surface area contributed by atoms with Crippen molar-refractivity contribution >= 4 is 45.9 Å². The maximum atomic E-state index is 14.3. The van der Waals surface area contributed by atoms with E-state index in [1.807, 2.05) is 40.1 Å². The van der Waals surface area contributed by atoms with Crippen LogP contribution in [-0.2, 0) is 33.0 Å². The lowest BCUT2D eigenvalue weighted by molar-refractivity contribution is -0.125. The average molecular weight is 968 g/mol. The van der Waals surface area contributed by atoms with Gasteiger partial charge in [-0.1, -0.05) is 127 Å². The minimum atomic E-state index is -0.730. The maximum absolute atomic E-state index is 14.3. The molecule has 2 atom stereocenters. The van der Waals surface area contributed by atoms with Gasteiger partial charge in [-0.25, -0.2) is 9.48 Å². The molecule has 0 unspecified atom stereocenters. The van der Waals surface area contributed by atoms with Crippen LogP contribution in [0.1, 0.15) is 96.4 Å². The Balaban J connectivity index is 0.000000194. The third-order valence-corrected chi connectivity index (χ3v) is 17.0. The first-order valence-corrected chi connectivity index (χ1v) is 26.5. The molecule has 6 fully saturated rings. The third-order valence-electron chi connectivity index (χ3n) is 17.0. The minimum absolute atomic E-state index is 0.0905. The number of fused-ring (bicyclic) bond motifs is 2. The molecule has 0 radical (unpaired) electrons. The summed E-state index contributed by atoms with van der Waals surface area (Å²) in [6.07, 6.45) is 7.73. The summed E-state index contributed by atoms with van der Waals surface area (Å²) in [5.41, 5.74) is 10.9. The van der Waals surface area contributed by atoms with E-state index in [-0.39, 0.29) is 24.0 Å². The third kappa shape index (κ3) is 7.94. The molecule has 368 valence electrons. The number of amides is 3. The minimum Gasteiger partial charge on any atom is -0.445 e. The Labute approximate surface area is 426 Å². The lowest BCUT2D eigenvalue weighted by Crippen LogP contribution is -2.39. The zero-order valence-electron chi connectivity index (χ0n) is 41.3. The van der Waals surface area contributed by atoms with Crippen molar-refractivity contribution in [3.05, 3.63) is 197 Å². The molecule has 1 aromatic heterocycles. The number of aliphatic imine (C=N–C) groups is 1. The fourth-order valence-corrected chi connectivity index (χ4v) is 12.7. The summed E-state index contributed by atoms with van der Waals surface area (Å²) in [5, 5.41) is 9.99. The van der Waals surface area contributed by atoms with Gasteiger partial charge in [0.2, 0.25) is 11.8 Å². The van der Waals surface area contributed by atoms with Crippen LogP contribution >= 0.6 is 0 Å². The number of aromatic nitrogens is 2. The highest BCUT2D eigenvalue weighted by Gasteiger charge is 2.53. The Hall–Kier alpha value is -7.37. The molecule has 6 aromatic carbocycles. The second kappa shape index (κ2) is 18.3. The molecule has 4 saturated heterocycles. The molecule has 14 rings (SSSR count). The second-order valence-corrected chi connectivity index (χ2v) is 21.5. The number of benzene rings is 6. The van der Waals surface area contributed by atoms with Crippen LogP contribution in [0.3, 0.4) is 0 Å². The number of likely N-dealkylation sites (tertiary alicyclic amines) is 1. The lowest BCUT2D eigenvalue weighted by atomic mass is 9.77. The van der Waals surface area contributed by atoms with Crippen LogP contribution in [0.15, 0.2) is 163 Å². The quantitative estimate of drug-likeness (QED) is 0.137. The van der Waals surface area contributed by atoms with Gasteiger partial charge in [-0.3, -0.25) is 14.6 Å². The predicted molar refractivity (Wildman–Crippen MR) is 285 cm³/mol. The SMILES string of the molecule is O=C(OCc1ccccc1)N1CC[C@]2(CCN(c3ccc4c(c3)c(C3CC3)nn4C(c3ccccc3)(c3ccccc3)c3ccccc3)C2=O)C1.O=C1N(c2ccc3c(c2)C(C2CC2)=NC3)CC[C@]12CCNC2. The fourth-order valence-electron chi connectivity index (χ4n) is 12.7. The molecule has 2 saturated carbocycles. The molecular formula is C62H61N7O4. The number of carbonyl (C=O) groups excluding carboxylic acids is 3. The van der Waals surface area contributed by atoms with Crippen molar-refractivity contribution in [1.29, 1.82) is 0 Å². The lowest BCUT2D eigenvalue weighted by Gasteiger charge is -2.37. The van der Waals surface area contributed by atoms with Crippen LogP contribution < -0.4 is 15.1 Å². The van der Waals surface area contributed by atoms with E-state index in [1.54, 1.807) is 4.90 Å². The van der Waals surface area contributed by atoms with Gasteiger partial charge in [0.25, 0.3) is 0 Å². The van der Waals surface area contributed by atoms with E-state index in [0.717, 1.165) is 102 Å². The van der Waals surface area contributed by atoms with Gasteiger partial charge in [-0.15, -0.1) is 0 Å². The molecule has 5 aliphatic heterocycles.